The van der Waals surface area contributed by atoms with Crippen LogP contribution in [0.5, 0.6) is 5.75 Å². The average Bonchev–Trinajstić information content (AvgIpc) is 4.19. The van der Waals surface area contributed by atoms with E-state index < -0.39 is 114 Å². The number of fused-ring (bicyclic) bond motifs is 5. The number of methoxy groups -OCH3 is 2. The molecule has 0 spiro atoms. The van der Waals surface area contributed by atoms with Crippen LogP contribution in [-0.4, -0.2) is 165 Å². The minimum absolute atomic E-state index is 0.0900. The Kier molecular flexibility index (Phi) is 22.9. The number of primary amides is 1. The van der Waals surface area contributed by atoms with Crippen LogP contribution in [0.4, 0.5) is 25.8 Å². The number of alkyl carbamates (subject to hydrolysis) is 1. The summed E-state index contributed by atoms with van der Waals surface area (Å²) in [6, 6.07) is 6.41. The van der Waals surface area contributed by atoms with E-state index in [0.717, 1.165) is 11.1 Å². The van der Waals surface area contributed by atoms with Gasteiger partial charge in [-0.25, -0.2) is 19.2 Å². The topological polar surface area (TPSA) is 325 Å². The number of ether oxygens (including phenoxy) is 6. The fraction of sp³-hybridized carbons (Fsp3) is 0.571. The Morgan fingerprint density at radius 3 is 2.37 bits per heavy atom. The van der Waals surface area contributed by atoms with Crippen LogP contribution in [0.2, 0.25) is 5.02 Å². The van der Waals surface area contributed by atoms with Crippen molar-refractivity contribution >= 4 is 70.8 Å². The number of epoxide rings is 1. The lowest BCUT2D eigenvalue weighted by molar-refractivity contribution is -0.162. The Bertz CT molecular complexity index is 2670. The molecule has 0 saturated carbocycles. The van der Waals surface area contributed by atoms with Gasteiger partial charge in [-0.1, -0.05) is 68.3 Å². The molecular weight excluding hydrogens is 1070 g/mol. The minimum atomic E-state index is -1.90. The number of carbonyl (C=O) groups is 8. The third-order valence-electron chi connectivity index (χ3n) is 15.0. The van der Waals surface area contributed by atoms with Gasteiger partial charge < -0.3 is 75.6 Å². The quantitative estimate of drug-likeness (QED) is 0.0418. The van der Waals surface area contributed by atoms with Crippen molar-refractivity contribution in [2.24, 2.45) is 23.3 Å². The highest BCUT2D eigenvalue weighted by Crippen LogP contribution is 2.49. The monoisotopic (exact) mass is 1150 g/mol. The Labute approximate surface area is 477 Å². The zero-order chi connectivity index (χ0) is 60.1. The predicted octanol–water partition coefficient (Wildman–Crippen LogP) is 4.42. The molecule has 3 aliphatic heterocycles. The molecule has 3 heterocycles. The molecular formula is C56H80ClN9O15. The Morgan fingerprint density at radius 2 is 1.73 bits per heavy atom. The highest BCUT2D eigenvalue weighted by atomic mass is 35.5. The maximum Gasteiger partial charge on any atom is 0.409 e. The number of rotatable bonds is 20. The number of nitrogens with two attached hydrogens (primary N) is 2. The van der Waals surface area contributed by atoms with Gasteiger partial charge in [-0.3, -0.25) is 24.5 Å². The zero-order valence-corrected chi connectivity index (χ0v) is 48.8. The number of hydrogen-bond donors (Lipinski definition) is 7. The minimum Gasteiger partial charge on any atom is -0.495 e. The first kappa shape index (κ1) is 64.8. The van der Waals surface area contributed by atoms with Gasteiger partial charge in [0.1, 0.15) is 53.4 Å². The first-order chi connectivity index (χ1) is 38.1. The second-order valence-electron chi connectivity index (χ2n) is 21.4. The van der Waals surface area contributed by atoms with Gasteiger partial charge in [0.2, 0.25) is 23.6 Å². The van der Waals surface area contributed by atoms with Gasteiger partial charge in [0.05, 0.1) is 31.4 Å². The molecule has 8 amide bonds. The average molecular weight is 1150 g/mol. The molecule has 25 heteroatoms. The van der Waals surface area contributed by atoms with Gasteiger partial charge in [0.15, 0.2) is 5.72 Å². The maximum absolute atomic E-state index is 14.4. The molecule has 81 heavy (non-hydrogen) atoms. The number of halogens is 1. The van der Waals surface area contributed by atoms with Gasteiger partial charge in [-0.05, 0) is 87.8 Å². The number of aliphatic hydroxyl groups is 1. The molecule has 9 N–H and O–H groups in total. The molecule has 2 aromatic carbocycles. The van der Waals surface area contributed by atoms with E-state index in [-0.39, 0.29) is 43.4 Å². The summed E-state index contributed by atoms with van der Waals surface area (Å²) in [5.74, 6) is -3.31. The van der Waals surface area contributed by atoms with E-state index in [1.54, 1.807) is 76.2 Å². The number of esters is 1. The van der Waals surface area contributed by atoms with Crippen LogP contribution in [0.15, 0.2) is 60.2 Å². The number of nitrogens with one attached hydrogen (secondary N) is 4. The van der Waals surface area contributed by atoms with Crippen LogP contribution in [-0.2, 0) is 60.7 Å². The molecule has 446 valence electrons. The standard InChI is InChI=1S/C56H80ClN9O15/c1-31(2)47(58)50(70)62-38(16-12-13-23-60-52(59)72)49(69)61-37-20-18-35(19-21-37)30-78-54(74)64(7)24-22-44(67)65(8)34(5)51(71)80-43-28-45(68)66(9)39-26-36(27-40(76-10)46(39)57)25-32(3)15-14-17-42(77-11)56(75)29-41(79-53(73)63-56)33(4)48-55(43,6)81-48/h14-15,17-21,26-27,31,33-34,38,41-43,47-48,75H,12-13,16,22-25,28-30,58H2,1-11H3,(H,61,69)(H,62,70)(H,63,73)(H3,59,60,72)/b17-14+,32-15+/t33-,34+,38+,41+,42-,43+,47+,48+,55+,56+/m1/s1. The largest absolute Gasteiger partial charge is 0.495 e. The number of carbonyl (C=O) groups excluding carboxylic acids is 8. The number of urea groups is 1. The number of anilines is 2. The lowest BCUT2D eigenvalue weighted by Gasteiger charge is -2.42. The summed E-state index contributed by atoms with van der Waals surface area (Å²) in [4.78, 5) is 109. The summed E-state index contributed by atoms with van der Waals surface area (Å²) in [7, 11) is 7.25. The molecule has 2 saturated heterocycles. The van der Waals surface area contributed by atoms with Gasteiger partial charge in [-0.15, -0.1) is 0 Å². The van der Waals surface area contributed by atoms with E-state index in [2.05, 4.69) is 21.3 Å². The molecule has 10 atom stereocenters. The number of nitrogens with zero attached hydrogens (tertiary/aromatic N) is 3. The van der Waals surface area contributed by atoms with Crippen molar-refractivity contribution < 1.29 is 71.9 Å². The highest BCUT2D eigenvalue weighted by molar-refractivity contribution is 6.35. The molecule has 2 aromatic rings. The molecule has 0 unspecified atom stereocenters. The van der Waals surface area contributed by atoms with Crippen molar-refractivity contribution in [1.29, 1.82) is 0 Å². The number of amides is 8. The SMILES string of the molecule is COc1cc2cc(c1Cl)N(C)C(=O)C[C@H](OC(=O)[C@H](C)N(C)C(=O)CCN(C)C(=O)OCc1ccc(NC(=O)[C@H](CCCCNC(N)=O)NC(=O)[C@@H](N)C(C)C)cc1)[C@]1(C)O[C@H]1[C@H](C)[C@@H]1C[C@@](O)(NC(=O)O1)[C@H](OC)/C=C/C=C(\C)C2. The molecule has 2 fully saturated rings. The summed E-state index contributed by atoms with van der Waals surface area (Å²) in [6.07, 6.45) is 0.527. The van der Waals surface area contributed by atoms with Crippen molar-refractivity contribution in [2.45, 2.75) is 147 Å². The molecule has 0 aromatic heterocycles. The number of unbranched alkanes of at least 4 members (excludes halogenated alkanes) is 1. The van der Waals surface area contributed by atoms with E-state index in [1.165, 1.54) is 57.0 Å². The van der Waals surface area contributed by atoms with Gasteiger partial charge in [-0.2, -0.15) is 0 Å². The van der Waals surface area contributed by atoms with Crippen molar-refractivity contribution in [3.8, 4) is 5.75 Å². The molecule has 24 nitrogen and oxygen atoms in total. The first-order valence-corrected chi connectivity index (χ1v) is 27.2. The predicted molar refractivity (Wildman–Crippen MR) is 300 cm³/mol. The number of likely N-dealkylation sites (N-methyl/N-ethyl adjacent to an activating group) is 1. The number of hydrogen-bond acceptors (Lipinski definition) is 16. The Hall–Kier alpha value is -6.99. The Morgan fingerprint density at radius 1 is 1.04 bits per heavy atom. The maximum atomic E-state index is 14.4. The number of benzene rings is 2. The number of allylic oxidation sites excluding steroid dienone is 3. The fourth-order valence-corrected chi connectivity index (χ4v) is 9.76. The van der Waals surface area contributed by atoms with Crippen LogP contribution in [0.3, 0.4) is 0 Å². The summed E-state index contributed by atoms with van der Waals surface area (Å²) >= 11 is 6.82. The third kappa shape index (κ3) is 17.3. The molecule has 4 bridgehead atoms. The van der Waals surface area contributed by atoms with E-state index >= 15 is 0 Å². The lowest BCUT2D eigenvalue weighted by atomic mass is 9.83. The van der Waals surface area contributed by atoms with Crippen LogP contribution >= 0.6 is 11.6 Å². The van der Waals surface area contributed by atoms with Crippen LogP contribution < -0.4 is 42.4 Å². The summed E-state index contributed by atoms with van der Waals surface area (Å²) < 4.78 is 34.9. The van der Waals surface area contributed by atoms with Crippen LogP contribution in [0, 0.1) is 11.8 Å². The zero-order valence-electron chi connectivity index (χ0n) is 48.0. The summed E-state index contributed by atoms with van der Waals surface area (Å²) in [5.41, 5.74) is 10.9. The first-order valence-electron chi connectivity index (χ1n) is 26.8. The molecule has 5 rings (SSSR count). The molecule has 0 aliphatic carbocycles. The summed E-state index contributed by atoms with van der Waals surface area (Å²) in [6.45, 7) is 10.4. The van der Waals surface area contributed by atoms with E-state index in [4.69, 9.17) is 51.5 Å². The van der Waals surface area contributed by atoms with Crippen molar-refractivity contribution in [3.63, 3.8) is 0 Å². The summed E-state index contributed by atoms with van der Waals surface area (Å²) in [5, 5.41) is 22.5. The van der Waals surface area contributed by atoms with Crippen molar-refractivity contribution in [1.82, 2.24) is 25.8 Å². The van der Waals surface area contributed by atoms with E-state index in [1.807, 2.05) is 13.0 Å². The molecule has 0 radical (unpaired) electrons. The fourth-order valence-electron chi connectivity index (χ4n) is 9.44. The lowest BCUT2D eigenvalue weighted by Crippen LogP contribution is -2.63. The van der Waals surface area contributed by atoms with Crippen molar-refractivity contribution in [2.75, 3.05) is 58.7 Å². The third-order valence-corrected chi connectivity index (χ3v) is 15.3. The van der Waals surface area contributed by atoms with Gasteiger partial charge >= 0.3 is 24.2 Å². The van der Waals surface area contributed by atoms with E-state index in [0.29, 0.717) is 48.5 Å². The second-order valence-corrected chi connectivity index (χ2v) is 21.8. The molecule has 3 aliphatic rings. The van der Waals surface area contributed by atoms with Gasteiger partial charge in [0, 0.05) is 65.8 Å². The van der Waals surface area contributed by atoms with Gasteiger partial charge in [0.25, 0.3) is 0 Å². The van der Waals surface area contributed by atoms with Crippen molar-refractivity contribution in [3.05, 3.63) is 76.3 Å². The Balaban J connectivity index is 1.22. The van der Waals surface area contributed by atoms with Crippen LogP contribution in [0.25, 0.3) is 0 Å². The second kappa shape index (κ2) is 28.6. The smallest absolute Gasteiger partial charge is 0.409 e. The van der Waals surface area contributed by atoms with E-state index in [9.17, 15) is 43.5 Å². The van der Waals surface area contributed by atoms with Crippen LogP contribution in [0.1, 0.15) is 91.2 Å². The normalized spacial score (nSPS) is 25.0. The highest BCUT2D eigenvalue weighted by Gasteiger charge is 2.64.